The Kier molecular flexibility index (Phi) is 4.33. The van der Waals surface area contributed by atoms with E-state index in [1.54, 1.807) is 7.11 Å². The molecule has 2 N–H and O–H groups in total. The van der Waals surface area contributed by atoms with Crippen LogP contribution in [0.2, 0.25) is 0 Å². The SMILES string of the molecule is COCC(N)Cc1nc(N2CCCCC2)no1. The molecule has 0 aromatic carbocycles. The van der Waals surface area contributed by atoms with Gasteiger partial charge in [0.1, 0.15) is 0 Å². The molecule has 2 rings (SSSR count). The molecular formula is C11H20N4O2. The van der Waals surface area contributed by atoms with Crippen LogP contribution in [-0.4, -0.2) is 43.0 Å². The fourth-order valence-corrected chi connectivity index (χ4v) is 2.05. The number of ether oxygens (including phenoxy) is 1. The van der Waals surface area contributed by atoms with Gasteiger partial charge in [0.05, 0.1) is 6.61 Å². The number of hydrogen-bond acceptors (Lipinski definition) is 6. The van der Waals surface area contributed by atoms with Crippen molar-refractivity contribution in [1.82, 2.24) is 10.1 Å². The molecule has 1 fully saturated rings. The summed E-state index contributed by atoms with van der Waals surface area (Å²) in [5.74, 6) is 1.29. The smallest absolute Gasteiger partial charge is 0.266 e. The number of piperidine rings is 1. The molecule has 6 heteroatoms. The first-order chi connectivity index (χ1) is 8.29. The lowest BCUT2D eigenvalue weighted by Gasteiger charge is -2.24. The molecule has 1 aliphatic rings. The minimum Gasteiger partial charge on any atom is -0.383 e. The molecule has 0 saturated carbocycles. The van der Waals surface area contributed by atoms with Crippen molar-refractivity contribution < 1.29 is 9.26 Å². The van der Waals surface area contributed by atoms with Gasteiger partial charge in [0.2, 0.25) is 5.89 Å². The van der Waals surface area contributed by atoms with Crippen LogP contribution in [0.5, 0.6) is 0 Å². The van der Waals surface area contributed by atoms with Crippen LogP contribution in [0.1, 0.15) is 25.2 Å². The van der Waals surface area contributed by atoms with Gasteiger partial charge in [-0.2, -0.15) is 4.98 Å². The summed E-state index contributed by atoms with van der Waals surface area (Å²) in [6.45, 7) is 2.54. The minimum absolute atomic E-state index is 0.0883. The molecule has 96 valence electrons. The van der Waals surface area contributed by atoms with Gasteiger partial charge in [0.25, 0.3) is 5.95 Å². The van der Waals surface area contributed by atoms with Crippen molar-refractivity contribution in [2.45, 2.75) is 31.7 Å². The molecule has 1 atom stereocenters. The van der Waals surface area contributed by atoms with E-state index in [2.05, 4.69) is 15.0 Å². The van der Waals surface area contributed by atoms with E-state index in [9.17, 15) is 0 Å². The summed E-state index contributed by atoms with van der Waals surface area (Å²) in [6, 6.07) is -0.0883. The predicted octanol–water partition coefficient (Wildman–Crippen LogP) is 0.576. The first kappa shape index (κ1) is 12.3. The molecule has 1 aliphatic heterocycles. The summed E-state index contributed by atoms with van der Waals surface area (Å²) in [7, 11) is 1.63. The molecule has 6 nitrogen and oxygen atoms in total. The summed E-state index contributed by atoms with van der Waals surface area (Å²) >= 11 is 0. The molecule has 1 aromatic heterocycles. The molecule has 0 aliphatic carbocycles. The summed E-state index contributed by atoms with van der Waals surface area (Å²) in [5, 5.41) is 4.00. The molecule has 0 amide bonds. The zero-order chi connectivity index (χ0) is 12.1. The highest BCUT2D eigenvalue weighted by Gasteiger charge is 2.17. The van der Waals surface area contributed by atoms with Gasteiger partial charge in [-0.3, -0.25) is 0 Å². The second kappa shape index (κ2) is 5.97. The third-order valence-electron chi connectivity index (χ3n) is 2.91. The Balaban J connectivity index is 1.90. The van der Waals surface area contributed by atoms with Crippen molar-refractivity contribution in [2.75, 3.05) is 31.7 Å². The van der Waals surface area contributed by atoms with E-state index >= 15 is 0 Å². The summed E-state index contributed by atoms with van der Waals surface area (Å²) in [4.78, 5) is 6.53. The van der Waals surface area contributed by atoms with Crippen molar-refractivity contribution >= 4 is 5.95 Å². The second-order valence-electron chi connectivity index (χ2n) is 4.46. The average molecular weight is 240 g/mol. The highest BCUT2D eigenvalue weighted by atomic mass is 16.5. The zero-order valence-electron chi connectivity index (χ0n) is 10.3. The Hall–Kier alpha value is -1.14. The van der Waals surface area contributed by atoms with Crippen molar-refractivity contribution in [2.24, 2.45) is 5.73 Å². The summed E-state index contributed by atoms with van der Waals surface area (Å²) in [5.41, 5.74) is 5.84. The van der Waals surface area contributed by atoms with Crippen molar-refractivity contribution in [3.63, 3.8) is 0 Å². The van der Waals surface area contributed by atoms with Gasteiger partial charge in [0, 0.05) is 32.7 Å². The Bertz CT molecular complexity index is 336. The van der Waals surface area contributed by atoms with Crippen LogP contribution in [0, 0.1) is 0 Å². The Morgan fingerprint density at radius 3 is 2.88 bits per heavy atom. The Labute approximate surface area is 101 Å². The molecule has 0 radical (unpaired) electrons. The lowest BCUT2D eigenvalue weighted by molar-refractivity contribution is 0.176. The van der Waals surface area contributed by atoms with Crippen molar-refractivity contribution in [3.05, 3.63) is 5.89 Å². The summed E-state index contributed by atoms with van der Waals surface area (Å²) in [6.07, 6.45) is 4.26. The van der Waals surface area contributed by atoms with Crippen LogP contribution in [0.15, 0.2) is 4.52 Å². The van der Waals surface area contributed by atoms with Gasteiger partial charge in [-0.15, -0.1) is 0 Å². The summed E-state index contributed by atoms with van der Waals surface area (Å²) < 4.78 is 10.2. The van der Waals surface area contributed by atoms with E-state index in [0.29, 0.717) is 24.9 Å². The zero-order valence-corrected chi connectivity index (χ0v) is 10.3. The third-order valence-corrected chi connectivity index (χ3v) is 2.91. The van der Waals surface area contributed by atoms with Crippen LogP contribution in [0.3, 0.4) is 0 Å². The Morgan fingerprint density at radius 2 is 2.18 bits per heavy atom. The van der Waals surface area contributed by atoms with E-state index in [1.807, 2.05) is 0 Å². The first-order valence-corrected chi connectivity index (χ1v) is 6.11. The molecule has 2 heterocycles. The predicted molar refractivity (Wildman–Crippen MR) is 63.9 cm³/mol. The van der Waals surface area contributed by atoms with Gasteiger partial charge in [-0.05, 0) is 24.4 Å². The van der Waals surface area contributed by atoms with E-state index in [-0.39, 0.29) is 6.04 Å². The highest BCUT2D eigenvalue weighted by Crippen LogP contribution is 2.16. The third kappa shape index (κ3) is 3.41. The lowest BCUT2D eigenvalue weighted by atomic mass is 10.1. The van der Waals surface area contributed by atoms with Crippen LogP contribution < -0.4 is 10.6 Å². The molecule has 17 heavy (non-hydrogen) atoms. The molecule has 1 aromatic rings. The van der Waals surface area contributed by atoms with E-state index in [0.717, 1.165) is 13.1 Å². The van der Waals surface area contributed by atoms with Crippen LogP contribution in [-0.2, 0) is 11.2 Å². The number of anilines is 1. The maximum atomic E-state index is 5.84. The molecule has 1 unspecified atom stereocenters. The second-order valence-corrected chi connectivity index (χ2v) is 4.46. The quantitative estimate of drug-likeness (QED) is 0.811. The number of aromatic nitrogens is 2. The van der Waals surface area contributed by atoms with Crippen molar-refractivity contribution in [1.29, 1.82) is 0 Å². The van der Waals surface area contributed by atoms with E-state index in [4.69, 9.17) is 15.0 Å². The topological polar surface area (TPSA) is 77.4 Å². The normalized spacial score (nSPS) is 18.4. The lowest BCUT2D eigenvalue weighted by Crippen LogP contribution is -2.30. The molecule has 1 saturated heterocycles. The monoisotopic (exact) mass is 240 g/mol. The standard InChI is InChI=1S/C11H20N4O2/c1-16-8-9(12)7-10-13-11(14-17-10)15-5-3-2-4-6-15/h9H,2-8,12H2,1H3. The first-order valence-electron chi connectivity index (χ1n) is 6.11. The average Bonchev–Trinajstić information content (AvgIpc) is 2.79. The number of methoxy groups -OCH3 is 1. The highest BCUT2D eigenvalue weighted by molar-refractivity contribution is 5.28. The van der Waals surface area contributed by atoms with Crippen LogP contribution >= 0.6 is 0 Å². The minimum atomic E-state index is -0.0883. The van der Waals surface area contributed by atoms with Crippen LogP contribution in [0.4, 0.5) is 5.95 Å². The molecule has 0 bridgehead atoms. The molecular weight excluding hydrogens is 220 g/mol. The number of hydrogen-bond donors (Lipinski definition) is 1. The largest absolute Gasteiger partial charge is 0.383 e. The van der Waals surface area contributed by atoms with Gasteiger partial charge >= 0.3 is 0 Å². The molecule has 0 spiro atoms. The van der Waals surface area contributed by atoms with Gasteiger partial charge in [-0.1, -0.05) is 0 Å². The van der Waals surface area contributed by atoms with Crippen LogP contribution in [0.25, 0.3) is 0 Å². The van der Waals surface area contributed by atoms with Gasteiger partial charge < -0.3 is 19.9 Å². The van der Waals surface area contributed by atoms with Crippen molar-refractivity contribution in [3.8, 4) is 0 Å². The Morgan fingerprint density at radius 1 is 1.41 bits per heavy atom. The van der Waals surface area contributed by atoms with E-state index in [1.165, 1.54) is 19.3 Å². The van der Waals surface area contributed by atoms with E-state index < -0.39 is 0 Å². The maximum absolute atomic E-state index is 5.84. The number of rotatable bonds is 5. The van der Waals surface area contributed by atoms with Gasteiger partial charge in [-0.25, -0.2) is 0 Å². The van der Waals surface area contributed by atoms with Gasteiger partial charge in [0.15, 0.2) is 0 Å². The number of nitrogens with zero attached hydrogens (tertiary/aromatic N) is 3. The fraction of sp³-hybridized carbons (Fsp3) is 0.818. The maximum Gasteiger partial charge on any atom is 0.266 e. The fourth-order valence-electron chi connectivity index (χ4n) is 2.05. The number of nitrogens with two attached hydrogens (primary N) is 1.